The number of ether oxygens (including phenoxy) is 1. The van der Waals surface area contributed by atoms with Gasteiger partial charge in [-0.3, -0.25) is 0 Å². The Kier molecular flexibility index (Phi) is 3.98. The maximum absolute atomic E-state index is 5.19. The van der Waals surface area contributed by atoms with Crippen LogP contribution < -0.4 is 15.0 Å². The minimum atomic E-state index is 0.376. The second kappa shape index (κ2) is 6.43. The van der Waals surface area contributed by atoms with Gasteiger partial charge in [0.2, 0.25) is 5.95 Å². The van der Waals surface area contributed by atoms with Crippen LogP contribution in [0, 0.1) is 0 Å². The lowest BCUT2D eigenvalue weighted by Crippen LogP contribution is -2.25. The summed E-state index contributed by atoms with van der Waals surface area (Å²) in [5.41, 5.74) is 3.51. The third-order valence-corrected chi connectivity index (χ3v) is 4.44. The third kappa shape index (κ3) is 3.01. The fraction of sp³-hybridized carbons (Fsp3) is 0.200. The quantitative estimate of drug-likeness (QED) is 0.771. The molecule has 0 aliphatic carbocycles. The van der Waals surface area contributed by atoms with Crippen molar-refractivity contribution in [3.05, 3.63) is 66.4 Å². The van der Waals surface area contributed by atoms with Gasteiger partial charge in [0, 0.05) is 23.6 Å². The summed E-state index contributed by atoms with van der Waals surface area (Å²) in [5.74, 6) is 2.31. The molecule has 5 nitrogen and oxygen atoms in total. The molecule has 0 radical (unpaired) electrons. The minimum Gasteiger partial charge on any atom is -0.497 e. The van der Waals surface area contributed by atoms with Crippen LogP contribution in [0.1, 0.15) is 12.5 Å². The van der Waals surface area contributed by atoms with Crippen molar-refractivity contribution in [2.24, 2.45) is 0 Å². The molecule has 1 atom stereocenters. The molecule has 0 saturated carbocycles. The number of nitrogens with zero attached hydrogens (tertiary/aromatic N) is 3. The van der Waals surface area contributed by atoms with Gasteiger partial charge in [-0.2, -0.15) is 4.98 Å². The summed E-state index contributed by atoms with van der Waals surface area (Å²) in [7, 11) is 1.66. The molecule has 4 rings (SSSR count). The van der Waals surface area contributed by atoms with Crippen LogP contribution in [-0.2, 0) is 6.42 Å². The van der Waals surface area contributed by atoms with Gasteiger partial charge in [0.25, 0.3) is 0 Å². The van der Waals surface area contributed by atoms with Gasteiger partial charge in [0.05, 0.1) is 7.11 Å². The Balaban J connectivity index is 1.61. The van der Waals surface area contributed by atoms with E-state index in [2.05, 4.69) is 46.4 Å². The first-order valence-electron chi connectivity index (χ1n) is 8.36. The molecule has 3 aromatic rings. The van der Waals surface area contributed by atoms with Crippen LogP contribution in [0.2, 0.25) is 0 Å². The first kappa shape index (κ1) is 15.4. The number of hydrogen-bond acceptors (Lipinski definition) is 5. The van der Waals surface area contributed by atoms with E-state index in [1.807, 2.05) is 30.3 Å². The third-order valence-electron chi connectivity index (χ3n) is 4.44. The summed E-state index contributed by atoms with van der Waals surface area (Å²) >= 11 is 0. The van der Waals surface area contributed by atoms with Crippen molar-refractivity contribution in [3.63, 3.8) is 0 Å². The lowest BCUT2D eigenvalue weighted by molar-refractivity contribution is 0.415. The minimum absolute atomic E-state index is 0.376. The second-order valence-corrected chi connectivity index (χ2v) is 6.14. The summed E-state index contributed by atoms with van der Waals surface area (Å²) < 4.78 is 5.19. The van der Waals surface area contributed by atoms with Crippen molar-refractivity contribution in [3.8, 4) is 5.75 Å². The largest absolute Gasteiger partial charge is 0.497 e. The molecule has 0 spiro atoms. The molecule has 1 aliphatic heterocycles. The molecule has 2 aromatic carbocycles. The van der Waals surface area contributed by atoms with Gasteiger partial charge in [-0.1, -0.05) is 18.2 Å². The van der Waals surface area contributed by atoms with E-state index in [0.717, 1.165) is 23.7 Å². The number of methoxy groups -OCH3 is 1. The fourth-order valence-electron chi connectivity index (χ4n) is 3.26. The Morgan fingerprint density at radius 2 is 1.88 bits per heavy atom. The van der Waals surface area contributed by atoms with E-state index in [1.165, 1.54) is 11.3 Å². The van der Waals surface area contributed by atoms with Crippen molar-refractivity contribution < 1.29 is 4.74 Å². The average molecular weight is 332 g/mol. The predicted molar refractivity (Wildman–Crippen MR) is 100 cm³/mol. The zero-order valence-electron chi connectivity index (χ0n) is 14.3. The Hall–Kier alpha value is -3.08. The number of hydrogen-bond donors (Lipinski definition) is 1. The molecule has 1 aromatic heterocycles. The van der Waals surface area contributed by atoms with Crippen molar-refractivity contribution >= 4 is 23.1 Å². The SMILES string of the molecule is COc1ccc(Nc2nccc(N3c4ccccc4CC3C)n2)cc1. The molecule has 0 amide bonds. The van der Waals surface area contributed by atoms with Crippen LogP contribution in [-0.4, -0.2) is 23.1 Å². The van der Waals surface area contributed by atoms with Crippen LogP contribution in [0.3, 0.4) is 0 Å². The smallest absolute Gasteiger partial charge is 0.229 e. The molecule has 0 fully saturated rings. The first-order valence-corrected chi connectivity index (χ1v) is 8.36. The van der Waals surface area contributed by atoms with Crippen LogP contribution in [0.15, 0.2) is 60.8 Å². The average Bonchev–Trinajstić information content (AvgIpc) is 2.98. The Labute approximate surface area is 147 Å². The molecule has 1 aliphatic rings. The van der Waals surface area contributed by atoms with E-state index < -0.39 is 0 Å². The highest BCUT2D eigenvalue weighted by molar-refractivity contribution is 5.69. The summed E-state index contributed by atoms with van der Waals surface area (Å²) in [6, 6.07) is 18.5. The molecule has 5 heteroatoms. The summed E-state index contributed by atoms with van der Waals surface area (Å²) in [6.45, 7) is 2.22. The van der Waals surface area contributed by atoms with Crippen LogP contribution in [0.4, 0.5) is 23.1 Å². The standard InChI is InChI=1S/C20H20N4O/c1-14-13-15-5-3-4-6-18(15)24(14)19-11-12-21-20(23-19)22-16-7-9-17(25-2)10-8-16/h3-12,14H,13H2,1-2H3,(H,21,22,23). The molecule has 1 unspecified atom stereocenters. The van der Waals surface area contributed by atoms with Crippen molar-refractivity contribution in [2.45, 2.75) is 19.4 Å². The molecular weight excluding hydrogens is 312 g/mol. The zero-order chi connectivity index (χ0) is 17.2. The van der Waals surface area contributed by atoms with E-state index >= 15 is 0 Å². The highest BCUT2D eigenvalue weighted by atomic mass is 16.5. The molecular formula is C20H20N4O. The predicted octanol–water partition coefficient (Wildman–Crippen LogP) is 4.31. The number of nitrogens with one attached hydrogen (secondary N) is 1. The van der Waals surface area contributed by atoms with Gasteiger partial charge in [0.15, 0.2) is 0 Å². The van der Waals surface area contributed by atoms with Crippen LogP contribution in [0.5, 0.6) is 5.75 Å². The second-order valence-electron chi connectivity index (χ2n) is 6.14. The van der Waals surface area contributed by atoms with Gasteiger partial charge >= 0.3 is 0 Å². The van der Waals surface area contributed by atoms with Crippen molar-refractivity contribution in [1.29, 1.82) is 0 Å². The summed E-state index contributed by atoms with van der Waals surface area (Å²) in [5, 5.41) is 3.25. The molecule has 126 valence electrons. The molecule has 0 bridgehead atoms. The highest BCUT2D eigenvalue weighted by Gasteiger charge is 2.27. The van der Waals surface area contributed by atoms with E-state index in [9.17, 15) is 0 Å². The fourth-order valence-corrected chi connectivity index (χ4v) is 3.26. The van der Waals surface area contributed by atoms with Crippen LogP contribution in [0.25, 0.3) is 0 Å². The van der Waals surface area contributed by atoms with Crippen LogP contribution >= 0.6 is 0 Å². The normalized spacial score (nSPS) is 15.8. The van der Waals surface area contributed by atoms with E-state index in [-0.39, 0.29) is 0 Å². The number of para-hydroxylation sites is 1. The number of benzene rings is 2. The molecule has 0 saturated heterocycles. The van der Waals surface area contributed by atoms with Gasteiger partial charge in [-0.25, -0.2) is 4.98 Å². The Morgan fingerprint density at radius 1 is 1.08 bits per heavy atom. The summed E-state index contributed by atoms with van der Waals surface area (Å²) in [4.78, 5) is 11.3. The lowest BCUT2D eigenvalue weighted by atomic mass is 10.1. The monoisotopic (exact) mass is 332 g/mol. The molecule has 2 heterocycles. The van der Waals surface area contributed by atoms with E-state index in [4.69, 9.17) is 9.72 Å². The van der Waals surface area contributed by atoms with E-state index in [0.29, 0.717) is 12.0 Å². The Morgan fingerprint density at radius 3 is 2.68 bits per heavy atom. The van der Waals surface area contributed by atoms with Crippen molar-refractivity contribution in [2.75, 3.05) is 17.3 Å². The Bertz CT molecular complexity index is 879. The maximum Gasteiger partial charge on any atom is 0.229 e. The summed E-state index contributed by atoms with van der Waals surface area (Å²) in [6.07, 6.45) is 2.82. The van der Waals surface area contributed by atoms with Crippen molar-refractivity contribution in [1.82, 2.24) is 9.97 Å². The number of aromatic nitrogens is 2. The maximum atomic E-state index is 5.19. The molecule has 25 heavy (non-hydrogen) atoms. The first-order chi connectivity index (χ1) is 12.2. The number of anilines is 4. The lowest BCUT2D eigenvalue weighted by Gasteiger charge is -2.24. The number of rotatable bonds is 4. The molecule has 1 N–H and O–H groups in total. The number of fused-ring (bicyclic) bond motifs is 1. The van der Waals surface area contributed by atoms with E-state index in [1.54, 1.807) is 13.3 Å². The van der Waals surface area contributed by atoms with Gasteiger partial charge in [-0.15, -0.1) is 0 Å². The van der Waals surface area contributed by atoms with Gasteiger partial charge < -0.3 is 15.0 Å². The zero-order valence-corrected chi connectivity index (χ0v) is 14.3. The topological polar surface area (TPSA) is 50.3 Å². The van der Waals surface area contributed by atoms with Gasteiger partial charge in [-0.05, 0) is 55.3 Å². The highest BCUT2D eigenvalue weighted by Crippen LogP contribution is 2.37. The van der Waals surface area contributed by atoms with Gasteiger partial charge in [0.1, 0.15) is 11.6 Å².